The Balaban J connectivity index is 1.62. The molecule has 2 unspecified atom stereocenters. The maximum Gasteiger partial charge on any atom is 0.317 e. The number of carbonyl (C=O) groups is 2. The van der Waals surface area contributed by atoms with Gasteiger partial charge in [-0.2, -0.15) is 0 Å². The third kappa shape index (κ3) is 9.15. The summed E-state index contributed by atoms with van der Waals surface area (Å²) in [6.07, 6.45) is -0.153. The van der Waals surface area contributed by atoms with E-state index >= 15 is 0 Å². The van der Waals surface area contributed by atoms with Gasteiger partial charge in [-0.15, -0.1) is 0 Å². The molecule has 2 rings (SSSR count). The molecule has 8 nitrogen and oxygen atoms in total. The highest BCUT2D eigenvalue weighted by atomic mass is 16.6. The van der Waals surface area contributed by atoms with Gasteiger partial charge in [0.15, 0.2) is 0 Å². The Kier molecular flexibility index (Phi) is 6.79. The Hall–Kier alpha value is -1.22. The van der Waals surface area contributed by atoms with Gasteiger partial charge in [0.2, 0.25) is 0 Å². The molecule has 0 aromatic rings. The van der Waals surface area contributed by atoms with E-state index < -0.39 is 29.6 Å². The largest absolute Gasteiger partial charge is 0.457 e. The van der Waals surface area contributed by atoms with Crippen LogP contribution in [0.1, 0.15) is 34.1 Å². The molecular weight excluding hydrogens is 332 g/mol. The maximum atomic E-state index is 11.9. The van der Waals surface area contributed by atoms with Crippen LogP contribution >= 0.6 is 0 Å². The quantitative estimate of drug-likeness (QED) is 0.287. The molecule has 2 fully saturated rings. The summed E-state index contributed by atoms with van der Waals surface area (Å²) in [5.74, 6) is -1.30. The molecule has 0 aromatic heterocycles. The molecule has 2 aliphatic rings. The SMILES string of the molecule is CC(C)(COCC1CO1)OC(=O)CC(=O)OC(C)(C)COCC1CO1. The Labute approximate surface area is 148 Å². The molecule has 0 aromatic carbocycles. The number of carbonyl (C=O) groups excluding carboxylic acids is 2. The van der Waals surface area contributed by atoms with Crippen LogP contribution in [-0.2, 0) is 38.0 Å². The van der Waals surface area contributed by atoms with E-state index in [1.165, 1.54) is 0 Å². The van der Waals surface area contributed by atoms with Crippen LogP contribution in [0.4, 0.5) is 0 Å². The van der Waals surface area contributed by atoms with Crippen LogP contribution in [0.2, 0.25) is 0 Å². The highest BCUT2D eigenvalue weighted by Crippen LogP contribution is 2.17. The van der Waals surface area contributed by atoms with Crippen LogP contribution in [0, 0.1) is 0 Å². The van der Waals surface area contributed by atoms with Crippen molar-refractivity contribution in [1.82, 2.24) is 0 Å². The molecule has 25 heavy (non-hydrogen) atoms. The minimum absolute atomic E-state index is 0.150. The van der Waals surface area contributed by atoms with Crippen LogP contribution in [-0.4, -0.2) is 75.0 Å². The lowest BCUT2D eigenvalue weighted by Crippen LogP contribution is -2.37. The zero-order chi connectivity index (χ0) is 18.5. The van der Waals surface area contributed by atoms with Crippen LogP contribution in [0.5, 0.6) is 0 Å². The average Bonchev–Trinajstić information content (AvgIpc) is 3.30. The highest BCUT2D eigenvalue weighted by Gasteiger charge is 2.30. The number of esters is 2. The highest BCUT2D eigenvalue weighted by molar-refractivity contribution is 5.91. The minimum atomic E-state index is -0.824. The van der Waals surface area contributed by atoms with Crippen molar-refractivity contribution >= 4 is 11.9 Å². The first-order chi connectivity index (χ1) is 11.7. The Morgan fingerprint density at radius 2 is 1.20 bits per heavy atom. The summed E-state index contributed by atoms with van der Waals surface area (Å²) in [6, 6.07) is 0. The maximum absolute atomic E-state index is 11.9. The molecule has 0 radical (unpaired) electrons. The normalized spacial score (nSPS) is 22.4. The van der Waals surface area contributed by atoms with E-state index in [0.29, 0.717) is 26.4 Å². The van der Waals surface area contributed by atoms with Gasteiger partial charge >= 0.3 is 11.9 Å². The molecule has 0 saturated carbocycles. The molecule has 0 amide bonds. The van der Waals surface area contributed by atoms with E-state index in [1.807, 2.05) is 0 Å². The summed E-state index contributed by atoms with van der Waals surface area (Å²) in [4.78, 5) is 23.8. The molecule has 0 spiro atoms. The van der Waals surface area contributed by atoms with E-state index in [0.717, 1.165) is 0 Å². The van der Waals surface area contributed by atoms with Crippen molar-refractivity contribution in [3.63, 3.8) is 0 Å². The van der Waals surface area contributed by atoms with E-state index in [4.69, 9.17) is 28.4 Å². The molecule has 0 aliphatic carbocycles. The second-order valence-corrected chi connectivity index (χ2v) is 7.59. The van der Waals surface area contributed by atoms with Crippen LogP contribution in [0.3, 0.4) is 0 Å². The number of ether oxygens (including phenoxy) is 6. The van der Waals surface area contributed by atoms with E-state index in [1.54, 1.807) is 27.7 Å². The fraction of sp³-hybridized carbons (Fsp3) is 0.882. The molecule has 0 bridgehead atoms. The summed E-state index contributed by atoms with van der Waals surface area (Å²) in [7, 11) is 0. The van der Waals surface area contributed by atoms with Gasteiger partial charge in [0, 0.05) is 0 Å². The van der Waals surface area contributed by atoms with Gasteiger partial charge in [0.25, 0.3) is 0 Å². The van der Waals surface area contributed by atoms with Crippen LogP contribution in [0.15, 0.2) is 0 Å². The first-order valence-electron chi connectivity index (χ1n) is 8.48. The van der Waals surface area contributed by atoms with Crippen molar-refractivity contribution in [3.8, 4) is 0 Å². The van der Waals surface area contributed by atoms with Crippen LogP contribution < -0.4 is 0 Å². The molecule has 144 valence electrons. The van der Waals surface area contributed by atoms with Crippen molar-refractivity contribution < 1.29 is 38.0 Å². The predicted molar refractivity (Wildman–Crippen MR) is 86.1 cm³/mol. The second-order valence-electron chi connectivity index (χ2n) is 7.59. The molecule has 8 heteroatoms. The summed E-state index contributed by atoms with van der Waals surface area (Å²) in [5.41, 5.74) is -1.65. The number of rotatable bonds is 12. The standard InChI is InChI=1S/C17H28O8/c1-16(2,10-20-6-12-8-22-12)24-14(18)5-15(19)25-17(3,4)11-21-7-13-9-23-13/h12-13H,5-11H2,1-4H3. The predicted octanol–water partition coefficient (Wildman–Crippen LogP) is 0.851. The minimum Gasteiger partial charge on any atom is -0.457 e. The first kappa shape index (κ1) is 20.1. The van der Waals surface area contributed by atoms with Gasteiger partial charge in [0.05, 0.1) is 39.6 Å². The van der Waals surface area contributed by atoms with Gasteiger partial charge in [-0.1, -0.05) is 0 Å². The Morgan fingerprint density at radius 3 is 1.52 bits per heavy atom. The summed E-state index contributed by atoms with van der Waals surface area (Å²) < 4.78 is 31.5. The number of hydrogen-bond donors (Lipinski definition) is 0. The Bertz CT molecular complexity index is 423. The van der Waals surface area contributed by atoms with Gasteiger partial charge < -0.3 is 28.4 Å². The smallest absolute Gasteiger partial charge is 0.317 e. The zero-order valence-corrected chi connectivity index (χ0v) is 15.4. The molecule has 2 saturated heterocycles. The summed E-state index contributed by atoms with van der Waals surface area (Å²) in [5, 5.41) is 0. The van der Waals surface area contributed by atoms with E-state index in [-0.39, 0.29) is 25.4 Å². The first-order valence-corrected chi connectivity index (χ1v) is 8.48. The lowest BCUT2D eigenvalue weighted by Gasteiger charge is -2.26. The zero-order valence-electron chi connectivity index (χ0n) is 15.4. The van der Waals surface area contributed by atoms with Gasteiger partial charge in [-0.05, 0) is 27.7 Å². The number of epoxide rings is 2. The molecule has 2 atom stereocenters. The summed E-state index contributed by atoms with van der Waals surface area (Å²) in [6.45, 7) is 9.73. The van der Waals surface area contributed by atoms with Gasteiger partial charge in [0.1, 0.15) is 29.8 Å². The molecule has 0 N–H and O–H groups in total. The third-order valence-electron chi connectivity index (χ3n) is 3.38. The van der Waals surface area contributed by atoms with Crippen molar-refractivity contribution in [2.45, 2.75) is 57.5 Å². The Morgan fingerprint density at radius 1 is 0.840 bits per heavy atom. The number of hydrogen-bond acceptors (Lipinski definition) is 8. The molecule has 2 heterocycles. The van der Waals surface area contributed by atoms with Crippen LogP contribution in [0.25, 0.3) is 0 Å². The van der Waals surface area contributed by atoms with Gasteiger partial charge in [-0.3, -0.25) is 9.59 Å². The third-order valence-corrected chi connectivity index (χ3v) is 3.38. The average molecular weight is 360 g/mol. The summed E-state index contributed by atoms with van der Waals surface area (Å²) >= 11 is 0. The molecule has 2 aliphatic heterocycles. The topological polar surface area (TPSA) is 96.1 Å². The lowest BCUT2D eigenvalue weighted by atomic mass is 10.1. The van der Waals surface area contributed by atoms with Crippen molar-refractivity contribution in [3.05, 3.63) is 0 Å². The van der Waals surface area contributed by atoms with Gasteiger partial charge in [-0.25, -0.2) is 0 Å². The fourth-order valence-corrected chi connectivity index (χ4v) is 2.07. The van der Waals surface area contributed by atoms with Crippen molar-refractivity contribution in [1.29, 1.82) is 0 Å². The van der Waals surface area contributed by atoms with E-state index in [9.17, 15) is 9.59 Å². The van der Waals surface area contributed by atoms with Crippen molar-refractivity contribution in [2.24, 2.45) is 0 Å². The van der Waals surface area contributed by atoms with E-state index in [2.05, 4.69) is 0 Å². The van der Waals surface area contributed by atoms with Crippen molar-refractivity contribution in [2.75, 3.05) is 39.6 Å². The molecular formula is C17H28O8. The fourth-order valence-electron chi connectivity index (χ4n) is 2.07. The monoisotopic (exact) mass is 360 g/mol. The lowest BCUT2D eigenvalue weighted by molar-refractivity contribution is -0.173. The second kappa shape index (κ2) is 8.44.